The van der Waals surface area contributed by atoms with Crippen LogP contribution in [0.1, 0.15) is 59.3 Å². The Morgan fingerprint density at radius 1 is 1.12 bits per heavy atom. The molecule has 1 N–H and O–H groups in total. The van der Waals surface area contributed by atoms with E-state index in [0.29, 0.717) is 0 Å². The summed E-state index contributed by atoms with van der Waals surface area (Å²) in [6, 6.07) is 0.742. The molecular weight excluding hydrogens is 208 g/mol. The van der Waals surface area contributed by atoms with Crippen molar-refractivity contribution >= 4 is 0 Å². The van der Waals surface area contributed by atoms with Crippen LogP contribution in [0.25, 0.3) is 0 Å². The number of hydrogen-bond acceptors (Lipinski definition) is 2. The summed E-state index contributed by atoms with van der Waals surface area (Å²) < 4.78 is 0. The second-order valence-electron chi connectivity index (χ2n) is 5.54. The van der Waals surface area contributed by atoms with Gasteiger partial charge in [-0.25, -0.2) is 0 Å². The van der Waals surface area contributed by atoms with Gasteiger partial charge in [-0.15, -0.1) is 0 Å². The lowest BCUT2D eigenvalue weighted by Crippen LogP contribution is -2.42. The van der Waals surface area contributed by atoms with Crippen LogP contribution in [0.2, 0.25) is 0 Å². The molecule has 17 heavy (non-hydrogen) atoms. The highest BCUT2D eigenvalue weighted by Gasteiger charge is 2.16. The summed E-state index contributed by atoms with van der Waals surface area (Å²) >= 11 is 0. The highest BCUT2D eigenvalue weighted by Crippen LogP contribution is 2.13. The monoisotopic (exact) mass is 240 g/mol. The molecule has 1 fully saturated rings. The van der Waals surface area contributed by atoms with Crippen LogP contribution in [-0.4, -0.2) is 37.1 Å². The topological polar surface area (TPSA) is 15.3 Å². The molecule has 0 amide bonds. The lowest BCUT2D eigenvalue weighted by Gasteiger charge is -2.29. The van der Waals surface area contributed by atoms with Gasteiger partial charge < -0.3 is 10.2 Å². The third-order valence-electron chi connectivity index (χ3n) is 4.26. The highest BCUT2D eigenvalue weighted by molar-refractivity contribution is 4.75. The fourth-order valence-electron chi connectivity index (χ4n) is 2.81. The third-order valence-corrected chi connectivity index (χ3v) is 4.26. The van der Waals surface area contributed by atoms with E-state index in [1.807, 2.05) is 0 Å². The molecule has 0 radical (unpaired) electrons. The van der Waals surface area contributed by atoms with Crippen LogP contribution in [0, 0.1) is 5.92 Å². The summed E-state index contributed by atoms with van der Waals surface area (Å²) in [6.45, 7) is 11.9. The summed E-state index contributed by atoms with van der Waals surface area (Å²) in [6.07, 6.45) is 8.23. The molecule has 1 heterocycles. The van der Waals surface area contributed by atoms with E-state index in [4.69, 9.17) is 0 Å². The molecule has 2 heteroatoms. The molecule has 1 aliphatic rings. The van der Waals surface area contributed by atoms with Crippen molar-refractivity contribution in [2.24, 2.45) is 5.92 Å². The van der Waals surface area contributed by atoms with Crippen molar-refractivity contribution in [2.75, 3.05) is 26.2 Å². The van der Waals surface area contributed by atoms with E-state index in [-0.39, 0.29) is 0 Å². The Morgan fingerprint density at radius 2 is 1.88 bits per heavy atom. The molecule has 2 nitrogen and oxygen atoms in total. The van der Waals surface area contributed by atoms with Gasteiger partial charge in [0.1, 0.15) is 0 Å². The minimum Gasteiger partial charge on any atom is -0.313 e. The smallest absolute Gasteiger partial charge is 0.0195 e. The lowest BCUT2D eigenvalue weighted by atomic mass is 10.0. The maximum absolute atomic E-state index is 3.71. The first kappa shape index (κ1) is 15.0. The van der Waals surface area contributed by atoms with E-state index in [1.165, 1.54) is 64.7 Å². The van der Waals surface area contributed by atoms with E-state index >= 15 is 0 Å². The zero-order valence-corrected chi connectivity index (χ0v) is 12.2. The van der Waals surface area contributed by atoms with Gasteiger partial charge in [0.2, 0.25) is 0 Å². The van der Waals surface area contributed by atoms with Gasteiger partial charge in [0, 0.05) is 19.1 Å². The van der Waals surface area contributed by atoms with Crippen molar-refractivity contribution in [3.63, 3.8) is 0 Å². The normalized spacial score (nSPS) is 22.1. The second kappa shape index (κ2) is 8.93. The minimum absolute atomic E-state index is 0.742. The van der Waals surface area contributed by atoms with Crippen LogP contribution >= 0.6 is 0 Å². The van der Waals surface area contributed by atoms with Crippen LogP contribution in [0.15, 0.2) is 0 Å². The van der Waals surface area contributed by atoms with Gasteiger partial charge in [-0.3, -0.25) is 0 Å². The van der Waals surface area contributed by atoms with Crippen LogP contribution < -0.4 is 5.32 Å². The van der Waals surface area contributed by atoms with E-state index in [0.717, 1.165) is 12.0 Å². The van der Waals surface area contributed by atoms with Gasteiger partial charge in [0.05, 0.1) is 0 Å². The van der Waals surface area contributed by atoms with Gasteiger partial charge in [0.15, 0.2) is 0 Å². The van der Waals surface area contributed by atoms with Crippen molar-refractivity contribution in [3.05, 3.63) is 0 Å². The summed E-state index contributed by atoms with van der Waals surface area (Å²) in [7, 11) is 0. The fourth-order valence-corrected chi connectivity index (χ4v) is 2.81. The Hall–Kier alpha value is -0.0800. The van der Waals surface area contributed by atoms with Gasteiger partial charge in [-0.05, 0) is 31.8 Å². The van der Waals surface area contributed by atoms with E-state index in [2.05, 4.69) is 31.0 Å². The maximum atomic E-state index is 3.71. The zero-order chi connectivity index (χ0) is 12.5. The summed E-state index contributed by atoms with van der Waals surface area (Å²) in [4.78, 5) is 2.65. The first-order chi connectivity index (χ1) is 8.30. The van der Waals surface area contributed by atoms with Gasteiger partial charge in [0.25, 0.3) is 0 Å². The maximum Gasteiger partial charge on any atom is 0.0195 e. The number of nitrogens with one attached hydrogen (secondary N) is 1. The quantitative estimate of drug-likeness (QED) is 0.735. The molecule has 102 valence electrons. The molecule has 0 aromatic carbocycles. The van der Waals surface area contributed by atoms with Gasteiger partial charge in [-0.1, -0.05) is 46.5 Å². The van der Waals surface area contributed by atoms with Crippen molar-refractivity contribution in [1.82, 2.24) is 10.2 Å². The largest absolute Gasteiger partial charge is 0.313 e. The molecule has 1 aliphatic heterocycles. The van der Waals surface area contributed by atoms with Crippen molar-refractivity contribution in [2.45, 2.75) is 65.3 Å². The van der Waals surface area contributed by atoms with E-state index < -0.39 is 0 Å². The fraction of sp³-hybridized carbons (Fsp3) is 1.00. The molecule has 1 rings (SSSR count). The standard InChI is InChI=1S/C15H32N2/c1-4-14(5-2)12-17(6-3)13-15-10-8-7-9-11-16-15/h14-16H,4-13H2,1-3H3. The SMILES string of the molecule is CCC(CC)CN(CC)CC1CCCCCN1. The predicted molar refractivity (Wildman–Crippen MR) is 76.4 cm³/mol. The van der Waals surface area contributed by atoms with Gasteiger partial charge in [-0.2, -0.15) is 0 Å². The Kier molecular flexibility index (Phi) is 7.87. The van der Waals surface area contributed by atoms with Crippen LogP contribution in [0.4, 0.5) is 0 Å². The molecule has 0 aromatic heterocycles. The second-order valence-corrected chi connectivity index (χ2v) is 5.54. The van der Waals surface area contributed by atoms with E-state index in [1.54, 1.807) is 0 Å². The number of rotatable bonds is 7. The molecule has 1 atom stereocenters. The zero-order valence-electron chi connectivity index (χ0n) is 12.2. The molecule has 0 aromatic rings. The summed E-state index contributed by atoms with van der Waals surface area (Å²) in [5.41, 5.74) is 0. The molecule has 1 unspecified atom stereocenters. The van der Waals surface area contributed by atoms with Crippen LogP contribution in [-0.2, 0) is 0 Å². The number of nitrogens with zero attached hydrogens (tertiary/aromatic N) is 1. The number of hydrogen-bond donors (Lipinski definition) is 1. The molecule has 0 saturated carbocycles. The average molecular weight is 240 g/mol. The number of likely N-dealkylation sites (N-methyl/N-ethyl adjacent to an activating group) is 1. The van der Waals surface area contributed by atoms with Crippen molar-refractivity contribution in [3.8, 4) is 0 Å². The molecular formula is C15H32N2. The van der Waals surface area contributed by atoms with Crippen LogP contribution in [0.5, 0.6) is 0 Å². The molecule has 0 aliphatic carbocycles. The van der Waals surface area contributed by atoms with Gasteiger partial charge >= 0.3 is 0 Å². The Morgan fingerprint density at radius 3 is 2.53 bits per heavy atom. The Balaban J connectivity index is 2.33. The first-order valence-corrected chi connectivity index (χ1v) is 7.75. The predicted octanol–water partition coefficient (Wildman–Crippen LogP) is 3.28. The van der Waals surface area contributed by atoms with Crippen molar-refractivity contribution in [1.29, 1.82) is 0 Å². The highest BCUT2D eigenvalue weighted by atomic mass is 15.1. The summed E-state index contributed by atoms with van der Waals surface area (Å²) in [5.74, 6) is 0.890. The summed E-state index contributed by atoms with van der Waals surface area (Å²) in [5, 5.41) is 3.71. The van der Waals surface area contributed by atoms with E-state index in [9.17, 15) is 0 Å². The lowest BCUT2D eigenvalue weighted by molar-refractivity contribution is 0.208. The first-order valence-electron chi connectivity index (χ1n) is 7.75. The minimum atomic E-state index is 0.742. The Labute approximate surface area is 108 Å². The molecule has 0 bridgehead atoms. The molecule has 0 spiro atoms. The average Bonchev–Trinajstić information content (AvgIpc) is 2.62. The van der Waals surface area contributed by atoms with Crippen molar-refractivity contribution < 1.29 is 0 Å². The van der Waals surface area contributed by atoms with Crippen LogP contribution in [0.3, 0.4) is 0 Å². The third kappa shape index (κ3) is 5.87. The Bertz CT molecular complexity index is 170. The molecule has 1 saturated heterocycles.